The first-order valence-electron chi connectivity index (χ1n) is 6.71. The van der Waals surface area contributed by atoms with Crippen LogP contribution in [0.4, 0.5) is 0 Å². The van der Waals surface area contributed by atoms with Crippen LogP contribution in [-0.2, 0) is 7.05 Å². The molecule has 0 N–H and O–H groups in total. The molecule has 23 heavy (non-hydrogen) atoms. The van der Waals surface area contributed by atoms with Gasteiger partial charge in [-0.25, -0.2) is 0 Å². The van der Waals surface area contributed by atoms with Gasteiger partial charge in [-0.05, 0) is 31.2 Å². The van der Waals surface area contributed by atoms with E-state index in [-0.39, 0.29) is 0 Å². The second-order valence-corrected chi connectivity index (χ2v) is 6.91. The smallest absolute Gasteiger partial charge is 0.235 e. The third kappa shape index (κ3) is 2.50. The average molecular weight is 365 g/mol. The Labute approximate surface area is 145 Å². The van der Waals surface area contributed by atoms with E-state index in [1.165, 1.54) is 11.3 Å². The Morgan fingerprint density at radius 1 is 1.00 bits per heavy atom. The number of benzene rings is 1. The third-order valence-electron chi connectivity index (χ3n) is 3.33. The normalized spacial score (nSPS) is 11.5. The summed E-state index contributed by atoms with van der Waals surface area (Å²) in [5.74, 6) is 0.603. The van der Waals surface area contributed by atoms with Crippen LogP contribution in [-0.4, -0.2) is 29.6 Å². The molecule has 6 nitrogen and oxygen atoms in total. The zero-order chi connectivity index (χ0) is 16.1. The van der Waals surface area contributed by atoms with Crippen LogP contribution in [0.2, 0.25) is 10.0 Å². The molecule has 9 heteroatoms. The Morgan fingerprint density at radius 2 is 1.74 bits per heavy atom. The van der Waals surface area contributed by atoms with Gasteiger partial charge in [0.15, 0.2) is 10.8 Å². The summed E-state index contributed by atoms with van der Waals surface area (Å²) < 4.78 is 3.50. The predicted molar refractivity (Wildman–Crippen MR) is 91.1 cm³/mol. The molecule has 4 rings (SSSR count). The van der Waals surface area contributed by atoms with E-state index in [0.29, 0.717) is 20.8 Å². The van der Waals surface area contributed by atoms with Crippen LogP contribution in [0, 0.1) is 6.92 Å². The number of nitrogens with zero attached hydrogens (tertiary/aromatic N) is 6. The molecule has 0 saturated carbocycles. The zero-order valence-electron chi connectivity index (χ0n) is 12.2. The number of hydrogen-bond acceptors (Lipinski definition) is 5. The topological polar surface area (TPSA) is 60.9 Å². The fourth-order valence-corrected chi connectivity index (χ4v) is 3.81. The van der Waals surface area contributed by atoms with Gasteiger partial charge in [0.1, 0.15) is 0 Å². The summed E-state index contributed by atoms with van der Waals surface area (Å²) in [6.07, 6.45) is 0. The van der Waals surface area contributed by atoms with Crippen molar-refractivity contribution in [3.8, 4) is 22.1 Å². The number of hydrogen-bond donors (Lipinski definition) is 0. The van der Waals surface area contributed by atoms with Crippen LogP contribution in [0.1, 0.15) is 5.69 Å². The molecule has 0 amide bonds. The molecule has 0 spiro atoms. The van der Waals surface area contributed by atoms with Gasteiger partial charge in [-0.2, -0.15) is 14.7 Å². The molecule has 0 aliphatic heterocycles. The van der Waals surface area contributed by atoms with E-state index in [9.17, 15) is 0 Å². The van der Waals surface area contributed by atoms with Gasteiger partial charge in [0, 0.05) is 22.7 Å². The van der Waals surface area contributed by atoms with Crippen LogP contribution in [0.5, 0.6) is 0 Å². The SMILES string of the molecule is Cc1cc(-c2nn3c(-c4cc(Cl)cc(Cl)c4)nnc3s2)n(C)n1. The van der Waals surface area contributed by atoms with Crippen molar-refractivity contribution >= 4 is 39.5 Å². The number of halogens is 2. The molecule has 4 aromatic rings. The first kappa shape index (κ1) is 14.6. The Kier molecular flexibility index (Phi) is 3.37. The zero-order valence-corrected chi connectivity index (χ0v) is 14.5. The van der Waals surface area contributed by atoms with Crippen molar-refractivity contribution in [3.63, 3.8) is 0 Å². The quantitative estimate of drug-likeness (QED) is 0.541. The van der Waals surface area contributed by atoms with Gasteiger partial charge < -0.3 is 0 Å². The maximum absolute atomic E-state index is 6.07. The largest absolute Gasteiger partial charge is 0.265 e. The highest BCUT2D eigenvalue weighted by Gasteiger charge is 2.17. The number of rotatable bonds is 2. The Hall–Kier alpha value is -1.96. The van der Waals surface area contributed by atoms with E-state index < -0.39 is 0 Å². The summed E-state index contributed by atoms with van der Waals surface area (Å²) in [5.41, 5.74) is 2.65. The third-order valence-corrected chi connectivity index (χ3v) is 4.69. The van der Waals surface area contributed by atoms with Crippen LogP contribution in [0.25, 0.3) is 27.1 Å². The van der Waals surface area contributed by atoms with E-state index in [4.69, 9.17) is 23.2 Å². The highest BCUT2D eigenvalue weighted by molar-refractivity contribution is 7.19. The molecule has 116 valence electrons. The van der Waals surface area contributed by atoms with Crippen molar-refractivity contribution in [2.75, 3.05) is 0 Å². The molecule has 0 unspecified atom stereocenters. The fourth-order valence-electron chi connectivity index (χ4n) is 2.39. The maximum atomic E-state index is 6.07. The van der Waals surface area contributed by atoms with E-state index >= 15 is 0 Å². The lowest BCUT2D eigenvalue weighted by Crippen LogP contribution is -1.95. The predicted octanol–water partition coefficient (Wildman–Crippen LogP) is 3.87. The summed E-state index contributed by atoms with van der Waals surface area (Å²) in [5, 5.41) is 19.3. The first-order valence-corrected chi connectivity index (χ1v) is 8.28. The highest BCUT2D eigenvalue weighted by atomic mass is 35.5. The van der Waals surface area contributed by atoms with Crippen LogP contribution < -0.4 is 0 Å². The Morgan fingerprint density at radius 3 is 2.39 bits per heavy atom. The minimum absolute atomic E-state index is 0.543. The van der Waals surface area contributed by atoms with Gasteiger partial charge in [0.05, 0.1) is 11.4 Å². The molecule has 0 radical (unpaired) electrons. The van der Waals surface area contributed by atoms with Crippen molar-refractivity contribution < 1.29 is 0 Å². The van der Waals surface area contributed by atoms with Gasteiger partial charge in [-0.15, -0.1) is 10.2 Å². The van der Waals surface area contributed by atoms with Gasteiger partial charge in [0.25, 0.3) is 0 Å². The van der Waals surface area contributed by atoms with Crippen molar-refractivity contribution in [2.45, 2.75) is 6.92 Å². The van der Waals surface area contributed by atoms with Crippen LogP contribution in [0.15, 0.2) is 24.3 Å². The van der Waals surface area contributed by atoms with Gasteiger partial charge >= 0.3 is 0 Å². The number of aryl methyl sites for hydroxylation is 2. The van der Waals surface area contributed by atoms with E-state index in [2.05, 4.69) is 20.4 Å². The lowest BCUT2D eigenvalue weighted by molar-refractivity contribution is 0.761. The molecule has 1 aromatic carbocycles. The molecule has 0 aliphatic carbocycles. The molecule has 0 saturated heterocycles. The minimum Gasteiger partial charge on any atom is -0.265 e. The monoisotopic (exact) mass is 364 g/mol. The molecule has 0 aliphatic rings. The molecular formula is C14H10Cl2N6S. The van der Waals surface area contributed by atoms with Gasteiger partial charge in [0.2, 0.25) is 4.96 Å². The van der Waals surface area contributed by atoms with Crippen LogP contribution >= 0.6 is 34.5 Å². The molecule has 3 heterocycles. The Balaban J connectivity index is 1.88. The maximum Gasteiger partial charge on any atom is 0.235 e. The van der Waals surface area contributed by atoms with E-state index in [0.717, 1.165) is 22.0 Å². The number of aromatic nitrogens is 6. The molecule has 0 bridgehead atoms. The molecular weight excluding hydrogens is 355 g/mol. The van der Waals surface area contributed by atoms with Gasteiger partial charge in [-0.1, -0.05) is 34.5 Å². The molecule has 0 fully saturated rings. The summed E-state index contributed by atoms with van der Waals surface area (Å²) in [6, 6.07) is 7.24. The first-order chi connectivity index (χ1) is 11.0. The minimum atomic E-state index is 0.543. The number of fused-ring (bicyclic) bond motifs is 1. The Bertz CT molecular complexity index is 1010. The molecule has 0 atom stereocenters. The van der Waals surface area contributed by atoms with Crippen molar-refractivity contribution in [2.24, 2.45) is 7.05 Å². The second kappa shape index (κ2) is 5.30. The lowest BCUT2D eigenvalue weighted by Gasteiger charge is -2.00. The average Bonchev–Trinajstić information content (AvgIpc) is 3.10. The summed E-state index contributed by atoms with van der Waals surface area (Å²) in [7, 11) is 1.89. The van der Waals surface area contributed by atoms with Crippen molar-refractivity contribution in [1.82, 2.24) is 29.6 Å². The summed E-state index contributed by atoms with van der Waals surface area (Å²) >= 11 is 13.6. The van der Waals surface area contributed by atoms with Crippen molar-refractivity contribution in [3.05, 3.63) is 40.0 Å². The lowest BCUT2D eigenvalue weighted by atomic mass is 10.2. The summed E-state index contributed by atoms with van der Waals surface area (Å²) in [6.45, 7) is 1.95. The van der Waals surface area contributed by atoms with Crippen LogP contribution in [0.3, 0.4) is 0 Å². The summed E-state index contributed by atoms with van der Waals surface area (Å²) in [4.78, 5) is 0.699. The molecule has 3 aromatic heterocycles. The van der Waals surface area contributed by atoms with Crippen molar-refractivity contribution in [1.29, 1.82) is 0 Å². The highest BCUT2D eigenvalue weighted by Crippen LogP contribution is 2.30. The van der Waals surface area contributed by atoms with E-state index in [1.807, 2.05) is 20.0 Å². The standard InChI is InChI=1S/C14H10Cl2N6S/c1-7-3-11(21(2)19-7)13-20-22-12(17-18-14(22)23-13)8-4-9(15)6-10(16)5-8/h3-6H,1-2H3. The second-order valence-electron chi connectivity index (χ2n) is 5.08. The van der Waals surface area contributed by atoms with E-state index in [1.54, 1.807) is 27.4 Å². The fraction of sp³-hybridized carbons (Fsp3) is 0.143. The van der Waals surface area contributed by atoms with Gasteiger partial charge in [-0.3, -0.25) is 4.68 Å².